The molecule has 4 rings (SSSR count). The third-order valence-corrected chi connectivity index (χ3v) is 6.70. The third-order valence-electron chi connectivity index (χ3n) is 6.70. The molecule has 39 heavy (non-hydrogen) atoms. The van der Waals surface area contributed by atoms with Crippen molar-refractivity contribution in [2.75, 3.05) is 25.0 Å². The van der Waals surface area contributed by atoms with Crippen LogP contribution >= 0.6 is 0 Å². The zero-order valence-electron chi connectivity index (χ0n) is 21.8. The normalized spacial score (nSPS) is 17.8. The van der Waals surface area contributed by atoms with Crippen LogP contribution in [0, 0.1) is 24.7 Å². The quantitative estimate of drug-likeness (QED) is 0.361. The maximum atomic E-state index is 13.6. The van der Waals surface area contributed by atoms with Gasteiger partial charge in [-0.25, -0.2) is 0 Å². The van der Waals surface area contributed by atoms with Crippen LogP contribution in [0.5, 0.6) is 0 Å². The van der Waals surface area contributed by atoms with E-state index in [-0.39, 0.29) is 11.6 Å². The first-order chi connectivity index (χ1) is 18.6. The van der Waals surface area contributed by atoms with Gasteiger partial charge < -0.3 is 11.1 Å². The maximum Gasteiger partial charge on any atom is 0.416 e. The highest BCUT2D eigenvalue weighted by Gasteiger charge is 2.31. The SMILES string of the molecule is C=C/C=C\C1=C(N)C(C#Cc2cc(C(=O)Nc3cc(CN4CCCC4)cc(C(F)(F)F)c3)ccc2C)CN=C1. The van der Waals surface area contributed by atoms with Gasteiger partial charge in [-0.1, -0.05) is 42.7 Å². The Morgan fingerprint density at radius 3 is 2.72 bits per heavy atom. The van der Waals surface area contributed by atoms with E-state index in [1.54, 1.807) is 42.6 Å². The highest BCUT2D eigenvalue weighted by atomic mass is 19.4. The molecule has 0 radical (unpaired) electrons. The van der Waals surface area contributed by atoms with Crippen molar-refractivity contribution >= 4 is 17.8 Å². The van der Waals surface area contributed by atoms with Gasteiger partial charge in [0.1, 0.15) is 0 Å². The molecule has 2 aromatic carbocycles. The number of halogens is 3. The van der Waals surface area contributed by atoms with Crippen LogP contribution in [0.3, 0.4) is 0 Å². The van der Waals surface area contributed by atoms with Crippen molar-refractivity contribution in [2.45, 2.75) is 32.5 Å². The van der Waals surface area contributed by atoms with Gasteiger partial charge in [-0.15, -0.1) is 0 Å². The highest BCUT2D eigenvalue weighted by molar-refractivity contribution is 6.04. The molecule has 2 aliphatic rings. The topological polar surface area (TPSA) is 70.7 Å². The molecule has 0 saturated carbocycles. The standard InChI is InChI=1S/C31H31F3N4O/c1-3-4-7-25-18-36-19-26(29(25)35)11-10-23-16-24(9-8-21(23)2)30(39)37-28-15-22(20-38-12-5-6-13-38)14-27(17-28)31(32,33)34/h3-4,7-9,14-18,26H,1,5-6,12-13,19-20,35H2,2H3,(H,37,39)/b7-4-. The average Bonchev–Trinajstić information content (AvgIpc) is 3.40. The van der Waals surface area contributed by atoms with Crippen molar-refractivity contribution in [3.8, 4) is 11.8 Å². The Hall–Kier alpha value is -4.09. The third kappa shape index (κ3) is 7.27. The molecule has 0 spiro atoms. The molecule has 5 nitrogen and oxygen atoms in total. The van der Waals surface area contributed by atoms with Crippen LogP contribution in [0.1, 0.15) is 45.5 Å². The number of dihydropyridines is 1. The van der Waals surface area contributed by atoms with Crippen LogP contribution in [-0.4, -0.2) is 36.7 Å². The van der Waals surface area contributed by atoms with Gasteiger partial charge in [0, 0.05) is 40.8 Å². The predicted molar refractivity (Wildman–Crippen MR) is 149 cm³/mol. The second kappa shape index (κ2) is 12.2. The summed E-state index contributed by atoms with van der Waals surface area (Å²) in [6.45, 7) is 8.08. The van der Waals surface area contributed by atoms with Gasteiger partial charge in [-0.3, -0.25) is 14.7 Å². The Bertz CT molecular complexity index is 1400. The van der Waals surface area contributed by atoms with Crippen LogP contribution in [0.4, 0.5) is 18.9 Å². The predicted octanol–water partition coefficient (Wildman–Crippen LogP) is 5.87. The summed E-state index contributed by atoms with van der Waals surface area (Å²) in [4.78, 5) is 19.5. The molecule has 1 unspecified atom stereocenters. The Labute approximate surface area is 227 Å². The summed E-state index contributed by atoms with van der Waals surface area (Å²) in [7, 11) is 0. The number of anilines is 1. The van der Waals surface area contributed by atoms with Crippen LogP contribution in [0.25, 0.3) is 0 Å². The van der Waals surface area contributed by atoms with Crippen LogP contribution in [-0.2, 0) is 12.7 Å². The first kappa shape index (κ1) is 27.9. The molecular weight excluding hydrogens is 501 g/mol. The van der Waals surface area contributed by atoms with E-state index in [1.807, 2.05) is 13.0 Å². The molecule has 1 saturated heterocycles. The molecule has 1 amide bonds. The number of allylic oxidation sites excluding steroid dienone is 4. The zero-order valence-corrected chi connectivity index (χ0v) is 21.8. The smallest absolute Gasteiger partial charge is 0.400 e. The number of amides is 1. The van der Waals surface area contributed by atoms with Gasteiger partial charge in [0.2, 0.25) is 0 Å². The van der Waals surface area contributed by atoms with Gasteiger partial charge in [0.25, 0.3) is 5.91 Å². The van der Waals surface area contributed by atoms with E-state index in [1.165, 1.54) is 0 Å². The summed E-state index contributed by atoms with van der Waals surface area (Å²) in [5, 5.41) is 2.65. The summed E-state index contributed by atoms with van der Waals surface area (Å²) in [6.07, 6.45) is 4.49. The maximum absolute atomic E-state index is 13.6. The summed E-state index contributed by atoms with van der Waals surface area (Å²) < 4.78 is 40.8. The largest absolute Gasteiger partial charge is 0.416 e. The second-order valence-corrected chi connectivity index (χ2v) is 9.71. The number of alkyl halides is 3. The fourth-order valence-corrected chi connectivity index (χ4v) is 4.55. The summed E-state index contributed by atoms with van der Waals surface area (Å²) >= 11 is 0. The molecule has 0 aromatic heterocycles. The molecule has 2 aromatic rings. The van der Waals surface area contributed by atoms with Gasteiger partial charge in [-0.05, 0) is 74.3 Å². The average molecular weight is 533 g/mol. The summed E-state index contributed by atoms with van der Waals surface area (Å²) in [5.41, 5.74) is 9.29. The van der Waals surface area contributed by atoms with Gasteiger partial charge in [-0.2, -0.15) is 13.2 Å². The second-order valence-electron chi connectivity index (χ2n) is 9.71. The van der Waals surface area contributed by atoms with Gasteiger partial charge in [0.05, 0.1) is 18.0 Å². The number of aryl methyl sites for hydroxylation is 1. The first-order valence-electron chi connectivity index (χ1n) is 12.8. The minimum Gasteiger partial charge on any atom is -0.400 e. The molecule has 0 aliphatic carbocycles. The number of aliphatic imine (C=N–C) groups is 1. The van der Waals surface area contributed by atoms with E-state index < -0.39 is 17.6 Å². The lowest BCUT2D eigenvalue weighted by molar-refractivity contribution is -0.137. The number of likely N-dealkylation sites (tertiary alicyclic amines) is 1. The van der Waals surface area contributed by atoms with Crippen molar-refractivity contribution < 1.29 is 18.0 Å². The van der Waals surface area contributed by atoms with Crippen LogP contribution < -0.4 is 11.1 Å². The van der Waals surface area contributed by atoms with E-state index in [9.17, 15) is 18.0 Å². The first-order valence-corrected chi connectivity index (χ1v) is 12.8. The lowest BCUT2D eigenvalue weighted by Crippen LogP contribution is -2.20. The number of nitrogens with one attached hydrogen (secondary N) is 1. The van der Waals surface area contributed by atoms with E-state index in [2.05, 4.69) is 33.6 Å². The summed E-state index contributed by atoms with van der Waals surface area (Å²) in [6, 6.07) is 8.77. The number of rotatable bonds is 6. The molecule has 2 aliphatic heterocycles. The van der Waals surface area contributed by atoms with Crippen molar-refractivity contribution in [3.05, 3.63) is 100 Å². The molecule has 2 heterocycles. The van der Waals surface area contributed by atoms with E-state index in [0.717, 1.165) is 49.2 Å². The minimum atomic E-state index is -4.52. The number of benzene rings is 2. The minimum absolute atomic E-state index is 0.107. The number of hydrogen-bond donors (Lipinski definition) is 2. The Kier molecular flexibility index (Phi) is 8.72. The molecule has 8 heteroatoms. The van der Waals surface area contributed by atoms with Gasteiger partial charge >= 0.3 is 6.18 Å². The molecule has 202 valence electrons. The highest BCUT2D eigenvalue weighted by Crippen LogP contribution is 2.33. The fraction of sp³-hybridized carbons (Fsp3) is 0.290. The molecular formula is C31H31F3N4O. The zero-order chi connectivity index (χ0) is 28.0. The van der Waals surface area contributed by atoms with Crippen LogP contribution in [0.2, 0.25) is 0 Å². The number of nitrogens with two attached hydrogens (primary N) is 1. The lowest BCUT2D eigenvalue weighted by atomic mass is 9.97. The molecule has 3 N–H and O–H groups in total. The Morgan fingerprint density at radius 2 is 2.00 bits per heavy atom. The number of hydrogen-bond acceptors (Lipinski definition) is 4. The summed E-state index contributed by atoms with van der Waals surface area (Å²) in [5.74, 6) is 5.47. The van der Waals surface area contributed by atoms with E-state index in [0.29, 0.717) is 35.5 Å². The molecule has 0 bridgehead atoms. The van der Waals surface area contributed by atoms with Crippen LogP contribution in [0.15, 0.2) is 77.5 Å². The molecule has 1 fully saturated rings. The number of carbonyl (C=O) groups excluding carboxylic acids is 1. The number of nitrogens with zero attached hydrogens (tertiary/aromatic N) is 2. The van der Waals surface area contributed by atoms with E-state index >= 15 is 0 Å². The number of carbonyl (C=O) groups is 1. The van der Waals surface area contributed by atoms with Crippen molar-refractivity contribution in [1.29, 1.82) is 0 Å². The fourth-order valence-electron chi connectivity index (χ4n) is 4.55. The Morgan fingerprint density at radius 1 is 1.23 bits per heavy atom. The monoisotopic (exact) mass is 532 g/mol. The Balaban J connectivity index is 1.56. The lowest BCUT2D eigenvalue weighted by Gasteiger charge is -2.18. The van der Waals surface area contributed by atoms with E-state index in [4.69, 9.17) is 5.73 Å². The van der Waals surface area contributed by atoms with Crippen molar-refractivity contribution in [3.63, 3.8) is 0 Å². The van der Waals surface area contributed by atoms with Gasteiger partial charge in [0.15, 0.2) is 0 Å². The molecule has 1 atom stereocenters. The van der Waals surface area contributed by atoms with Crippen molar-refractivity contribution in [1.82, 2.24) is 4.90 Å². The van der Waals surface area contributed by atoms with Crippen molar-refractivity contribution in [2.24, 2.45) is 16.6 Å².